The first-order valence-corrected chi connectivity index (χ1v) is 13.9. The smallest absolute Gasteiger partial charge is 0.251 e. The lowest BCUT2D eigenvalue weighted by molar-refractivity contribution is -0.144. The van der Waals surface area contributed by atoms with E-state index in [-0.39, 0.29) is 18.4 Å². The van der Waals surface area contributed by atoms with Gasteiger partial charge in [-0.2, -0.15) is 4.98 Å². The van der Waals surface area contributed by atoms with Crippen molar-refractivity contribution in [1.29, 1.82) is 0 Å². The number of hydrogen-bond acceptors (Lipinski definition) is 7. The normalized spacial score (nSPS) is 19.6. The van der Waals surface area contributed by atoms with Gasteiger partial charge >= 0.3 is 0 Å². The van der Waals surface area contributed by atoms with Crippen LogP contribution in [-0.2, 0) is 10.4 Å². The SMILES string of the molecule is CC(=O)N1CCC(c2nc(-c3cncc([C@@](O)(c4ccc(C(C)C)cc4)C4(C)CN(CC(F)F)C4)c3)no2)CC1. The minimum Gasteiger partial charge on any atom is -0.380 e. The highest BCUT2D eigenvalue weighted by Gasteiger charge is 2.56. The largest absolute Gasteiger partial charge is 0.380 e. The highest BCUT2D eigenvalue weighted by Crippen LogP contribution is 2.51. The highest BCUT2D eigenvalue weighted by molar-refractivity contribution is 5.73. The predicted molar refractivity (Wildman–Crippen MR) is 146 cm³/mol. The average Bonchev–Trinajstić information content (AvgIpc) is 3.42. The van der Waals surface area contributed by atoms with Crippen LogP contribution in [0.2, 0.25) is 0 Å². The number of carbonyl (C=O) groups excluding carboxylic acids is 1. The molecule has 1 N–H and O–H groups in total. The van der Waals surface area contributed by atoms with E-state index >= 15 is 0 Å². The summed E-state index contributed by atoms with van der Waals surface area (Å²) in [5.41, 5.74) is 0.747. The Morgan fingerprint density at radius 1 is 1.15 bits per heavy atom. The van der Waals surface area contributed by atoms with Gasteiger partial charge in [-0.25, -0.2) is 8.78 Å². The predicted octanol–water partition coefficient (Wildman–Crippen LogP) is 4.80. The summed E-state index contributed by atoms with van der Waals surface area (Å²) >= 11 is 0. The van der Waals surface area contributed by atoms with Crippen LogP contribution >= 0.6 is 0 Å². The van der Waals surface area contributed by atoms with E-state index < -0.39 is 17.4 Å². The van der Waals surface area contributed by atoms with Gasteiger partial charge in [0.2, 0.25) is 17.6 Å². The fraction of sp³-hybridized carbons (Fsp3) is 0.533. The van der Waals surface area contributed by atoms with Crippen molar-refractivity contribution >= 4 is 5.91 Å². The van der Waals surface area contributed by atoms with E-state index in [1.165, 1.54) is 0 Å². The Morgan fingerprint density at radius 3 is 2.42 bits per heavy atom. The first kappa shape index (κ1) is 28.3. The molecule has 0 unspecified atom stereocenters. The second-order valence-corrected chi connectivity index (χ2v) is 11.8. The van der Waals surface area contributed by atoms with Crippen LogP contribution in [0.1, 0.15) is 75.0 Å². The number of nitrogens with zero attached hydrogens (tertiary/aromatic N) is 5. The minimum absolute atomic E-state index is 0.0661. The van der Waals surface area contributed by atoms with Crippen molar-refractivity contribution in [3.05, 3.63) is 65.3 Å². The Morgan fingerprint density at radius 2 is 1.82 bits per heavy atom. The molecule has 1 amide bonds. The van der Waals surface area contributed by atoms with Crippen molar-refractivity contribution in [3.63, 3.8) is 0 Å². The zero-order valence-corrected chi connectivity index (χ0v) is 23.5. The van der Waals surface area contributed by atoms with Crippen molar-refractivity contribution < 1.29 is 23.2 Å². The Labute approximate surface area is 233 Å². The Hall–Kier alpha value is -3.24. The van der Waals surface area contributed by atoms with Gasteiger partial charge in [-0.3, -0.25) is 14.7 Å². The van der Waals surface area contributed by atoms with E-state index in [9.17, 15) is 18.7 Å². The summed E-state index contributed by atoms with van der Waals surface area (Å²) in [5, 5.41) is 16.7. The number of aliphatic hydroxyl groups is 1. The van der Waals surface area contributed by atoms with Gasteiger partial charge in [0.15, 0.2) is 0 Å². The number of likely N-dealkylation sites (tertiary alicyclic amines) is 2. The molecule has 214 valence electrons. The molecule has 0 saturated carbocycles. The summed E-state index contributed by atoms with van der Waals surface area (Å²) in [4.78, 5) is 24.2. The molecule has 0 radical (unpaired) electrons. The molecular formula is C30H37F2N5O3. The maximum absolute atomic E-state index is 13.1. The van der Waals surface area contributed by atoms with Gasteiger partial charge in [-0.05, 0) is 36.0 Å². The molecule has 0 spiro atoms. The minimum atomic E-state index is -2.44. The highest BCUT2D eigenvalue weighted by atomic mass is 19.3. The van der Waals surface area contributed by atoms with E-state index in [4.69, 9.17) is 4.52 Å². The maximum atomic E-state index is 13.1. The molecule has 0 aliphatic carbocycles. The van der Waals surface area contributed by atoms with Gasteiger partial charge < -0.3 is 14.5 Å². The Kier molecular flexibility index (Phi) is 7.76. The van der Waals surface area contributed by atoms with Crippen LogP contribution in [0.4, 0.5) is 8.78 Å². The molecule has 5 rings (SSSR count). The molecule has 2 fully saturated rings. The number of aromatic nitrogens is 3. The van der Waals surface area contributed by atoms with Crippen molar-refractivity contribution in [2.75, 3.05) is 32.7 Å². The number of alkyl halides is 2. The van der Waals surface area contributed by atoms with Crippen molar-refractivity contribution in [2.45, 2.75) is 64.4 Å². The van der Waals surface area contributed by atoms with Crippen LogP contribution in [0.3, 0.4) is 0 Å². The van der Waals surface area contributed by atoms with Gasteiger partial charge in [-0.1, -0.05) is 50.2 Å². The van der Waals surface area contributed by atoms with E-state index in [1.807, 2.05) is 42.2 Å². The third-order valence-corrected chi connectivity index (χ3v) is 8.56. The molecule has 2 aliphatic heterocycles. The summed E-state index contributed by atoms with van der Waals surface area (Å²) in [6, 6.07) is 9.66. The van der Waals surface area contributed by atoms with Crippen molar-refractivity contribution in [2.24, 2.45) is 5.41 Å². The molecule has 2 saturated heterocycles. The van der Waals surface area contributed by atoms with E-state index in [0.717, 1.165) is 18.4 Å². The number of hydrogen-bond donors (Lipinski definition) is 1. The first-order chi connectivity index (χ1) is 19.0. The van der Waals surface area contributed by atoms with Gasteiger partial charge in [-0.15, -0.1) is 0 Å². The Balaban J connectivity index is 1.46. The lowest BCUT2D eigenvalue weighted by Gasteiger charge is -2.56. The monoisotopic (exact) mass is 553 g/mol. The Bertz CT molecular complexity index is 1330. The summed E-state index contributed by atoms with van der Waals surface area (Å²) in [6.45, 7) is 9.32. The number of amides is 1. The number of halogens is 2. The van der Waals surface area contributed by atoms with Crippen LogP contribution in [-0.4, -0.2) is 75.1 Å². The fourth-order valence-electron chi connectivity index (χ4n) is 6.19. The number of carbonyl (C=O) groups is 1. The number of rotatable bonds is 8. The maximum Gasteiger partial charge on any atom is 0.251 e. The lowest BCUT2D eigenvalue weighted by atomic mass is 9.62. The van der Waals surface area contributed by atoms with Gasteiger partial charge in [0.05, 0.1) is 6.54 Å². The van der Waals surface area contributed by atoms with Gasteiger partial charge in [0, 0.05) is 68.0 Å². The number of pyridine rings is 1. The summed E-state index contributed by atoms with van der Waals surface area (Å²) < 4.78 is 31.8. The molecule has 40 heavy (non-hydrogen) atoms. The van der Waals surface area contributed by atoms with Crippen LogP contribution in [0.5, 0.6) is 0 Å². The standard InChI is InChI=1S/C30H37F2N5O3/c1-19(2)21-5-7-24(8-6-21)30(39,29(4)17-36(18-29)16-26(31)32)25-13-23(14-33-15-25)27-34-28(40-35-27)22-9-11-37(12-10-22)20(3)38/h5-8,13-15,19,22,26,39H,9-12,16-18H2,1-4H3/t30-/m0/s1. The summed E-state index contributed by atoms with van der Waals surface area (Å²) in [5.74, 6) is 1.36. The molecule has 0 bridgehead atoms. The molecule has 3 aromatic rings. The molecule has 1 atom stereocenters. The quantitative estimate of drug-likeness (QED) is 0.428. The van der Waals surface area contributed by atoms with Crippen molar-refractivity contribution in [3.8, 4) is 11.4 Å². The molecule has 1 aromatic carbocycles. The zero-order chi connectivity index (χ0) is 28.7. The first-order valence-electron chi connectivity index (χ1n) is 13.9. The van der Waals surface area contributed by atoms with Gasteiger partial charge in [0.1, 0.15) is 5.60 Å². The third-order valence-electron chi connectivity index (χ3n) is 8.56. The second-order valence-electron chi connectivity index (χ2n) is 11.8. The summed E-state index contributed by atoms with van der Waals surface area (Å²) in [6.07, 6.45) is 2.32. The lowest BCUT2D eigenvalue weighted by Crippen LogP contribution is -2.65. The number of benzene rings is 1. The molecule has 2 aliphatic rings. The fourth-order valence-corrected chi connectivity index (χ4v) is 6.19. The average molecular weight is 554 g/mol. The third kappa shape index (κ3) is 5.26. The molecule has 4 heterocycles. The van der Waals surface area contributed by atoms with Crippen molar-refractivity contribution in [1.82, 2.24) is 24.9 Å². The van der Waals surface area contributed by atoms with Crippen LogP contribution in [0.25, 0.3) is 11.4 Å². The van der Waals surface area contributed by atoms with Crippen LogP contribution in [0.15, 0.2) is 47.2 Å². The van der Waals surface area contributed by atoms with E-state index in [0.29, 0.717) is 60.5 Å². The second kappa shape index (κ2) is 11.0. The topological polar surface area (TPSA) is 95.6 Å². The molecule has 8 nitrogen and oxygen atoms in total. The van der Waals surface area contributed by atoms with Crippen LogP contribution in [0, 0.1) is 5.41 Å². The molecular weight excluding hydrogens is 516 g/mol. The zero-order valence-electron chi connectivity index (χ0n) is 23.5. The molecule has 2 aromatic heterocycles. The van der Waals surface area contributed by atoms with Gasteiger partial charge in [0.25, 0.3) is 6.43 Å². The number of piperidine rings is 1. The molecule has 10 heteroatoms. The van der Waals surface area contributed by atoms with E-state index in [2.05, 4.69) is 29.0 Å². The summed E-state index contributed by atoms with van der Waals surface area (Å²) in [7, 11) is 0. The van der Waals surface area contributed by atoms with Crippen LogP contribution < -0.4 is 0 Å². The van der Waals surface area contributed by atoms with E-state index in [1.54, 1.807) is 24.2 Å².